The Kier molecular flexibility index (Phi) is 5.20. The van der Waals surface area contributed by atoms with Gasteiger partial charge in [0.2, 0.25) is 0 Å². The Hall–Kier alpha value is -2.18. The molecule has 0 saturated carbocycles. The van der Waals surface area contributed by atoms with E-state index in [1.165, 1.54) is 21.6 Å². The average Bonchev–Trinajstić information content (AvgIpc) is 2.57. The lowest BCUT2D eigenvalue weighted by Gasteiger charge is -2.29. The minimum absolute atomic E-state index is 0.370. The lowest BCUT2D eigenvalue weighted by molar-refractivity contribution is 0.144. The summed E-state index contributed by atoms with van der Waals surface area (Å²) in [6.45, 7) is 5.88. The predicted molar refractivity (Wildman–Crippen MR) is 97.5 cm³/mol. The molecule has 0 unspecified atom stereocenters. The summed E-state index contributed by atoms with van der Waals surface area (Å²) in [6.07, 6.45) is -0.351. The molecule has 1 heterocycles. The van der Waals surface area contributed by atoms with Crippen molar-refractivity contribution in [3.63, 3.8) is 0 Å². The van der Waals surface area contributed by atoms with Crippen LogP contribution in [0.5, 0.6) is 11.5 Å². The Morgan fingerprint density at radius 2 is 1.84 bits per heavy atom. The Morgan fingerprint density at radius 3 is 2.48 bits per heavy atom. The fourth-order valence-electron chi connectivity index (χ4n) is 3.05. The van der Waals surface area contributed by atoms with Gasteiger partial charge < -0.3 is 14.6 Å². The maximum Gasteiger partial charge on any atom is 0.511 e. The molecular weight excluding hydrogens is 338 g/mol. The molecular formula is C19H21NO4S. The Balaban J connectivity index is 1.78. The van der Waals surface area contributed by atoms with E-state index < -0.39 is 6.16 Å². The van der Waals surface area contributed by atoms with E-state index in [4.69, 9.17) is 14.6 Å². The van der Waals surface area contributed by atoms with E-state index in [2.05, 4.69) is 18.2 Å². The molecule has 1 aliphatic heterocycles. The van der Waals surface area contributed by atoms with Gasteiger partial charge in [0, 0.05) is 18.0 Å². The Morgan fingerprint density at radius 1 is 1.12 bits per heavy atom. The van der Waals surface area contributed by atoms with Crippen molar-refractivity contribution in [1.29, 1.82) is 0 Å². The molecule has 25 heavy (non-hydrogen) atoms. The zero-order chi connectivity index (χ0) is 18.0. The highest BCUT2D eigenvalue weighted by atomic mass is 32.2. The predicted octanol–water partition coefficient (Wildman–Crippen LogP) is 4.43. The third-order valence-corrected chi connectivity index (χ3v) is 5.65. The molecule has 0 bridgehead atoms. The van der Waals surface area contributed by atoms with E-state index >= 15 is 0 Å². The van der Waals surface area contributed by atoms with Gasteiger partial charge in [0.05, 0.1) is 7.11 Å². The van der Waals surface area contributed by atoms with Crippen LogP contribution < -0.4 is 9.47 Å². The fraction of sp³-hybridized carbons (Fsp3) is 0.316. The molecule has 2 aromatic carbocycles. The van der Waals surface area contributed by atoms with E-state index in [1.54, 1.807) is 25.1 Å². The van der Waals surface area contributed by atoms with Gasteiger partial charge in [-0.3, -0.25) is 0 Å². The first-order chi connectivity index (χ1) is 12.0. The molecule has 0 radical (unpaired) electrons. The maximum atomic E-state index is 10.7. The topological polar surface area (TPSA) is 59.0 Å². The van der Waals surface area contributed by atoms with E-state index in [0.29, 0.717) is 5.75 Å². The standard InChI is InChI=1S/C19H21NO4S/c1-12-8-17(23-3)9-13(2)18(12)25-20-7-6-14-4-5-16(24-19(21)22)10-15(14)11-20/h4-5,8-10H,6-7,11H2,1-3H3,(H,21,22). The van der Waals surface area contributed by atoms with Gasteiger partial charge in [0.15, 0.2) is 0 Å². The largest absolute Gasteiger partial charge is 0.511 e. The molecule has 1 N–H and O–H groups in total. The summed E-state index contributed by atoms with van der Waals surface area (Å²) in [5.74, 6) is 1.24. The van der Waals surface area contributed by atoms with Gasteiger partial charge in [-0.25, -0.2) is 9.10 Å². The normalized spacial score (nSPS) is 14.0. The van der Waals surface area contributed by atoms with Crippen LogP contribution in [0.1, 0.15) is 22.3 Å². The highest BCUT2D eigenvalue weighted by Gasteiger charge is 2.20. The molecule has 0 atom stereocenters. The molecule has 6 heteroatoms. The third kappa shape index (κ3) is 4.08. The van der Waals surface area contributed by atoms with Crippen LogP contribution in [0, 0.1) is 13.8 Å². The summed E-state index contributed by atoms with van der Waals surface area (Å²) in [5, 5.41) is 8.77. The van der Waals surface area contributed by atoms with Gasteiger partial charge in [0.1, 0.15) is 11.5 Å². The van der Waals surface area contributed by atoms with Crippen molar-refractivity contribution in [2.24, 2.45) is 0 Å². The Bertz CT molecular complexity index is 783. The van der Waals surface area contributed by atoms with E-state index in [0.717, 1.165) is 30.8 Å². The van der Waals surface area contributed by atoms with Crippen molar-refractivity contribution >= 4 is 18.1 Å². The molecule has 0 aliphatic carbocycles. The quantitative estimate of drug-likeness (QED) is 0.495. The van der Waals surface area contributed by atoms with Crippen molar-refractivity contribution in [2.75, 3.05) is 13.7 Å². The second-order valence-corrected chi connectivity index (χ2v) is 7.20. The second kappa shape index (κ2) is 7.37. The fourth-order valence-corrected chi connectivity index (χ4v) is 4.10. The monoisotopic (exact) mass is 359 g/mol. The van der Waals surface area contributed by atoms with Crippen LogP contribution in [0.15, 0.2) is 35.2 Å². The first-order valence-electron chi connectivity index (χ1n) is 8.07. The van der Waals surface area contributed by atoms with Crippen molar-refractivity contribution in [3.8, 4) is 11.5 Å². The highest BCUT2D eigenvalue weighted by Crippen LogP contribution is 2.36. The molecule has 1 aliphatic rings. The summed E-state index contributed by atoms with van der Waals surface area (Å²) in [5.41, 5.74) is 4.74. The molecule has 0 fully saturated rings. The third-order valence-electron chi connectivity index (χ3n) is 4.25. The van der Waals surface area contributed by atoms with E-state index in [9.17, 15) is 4.79 Å². The number of hydrogen-bond acceptors (Lipinski definition) is 5. The van der Waals surface area contributed by atoms with E-state index in [-0.39, 0.29) is 0 Å². The zero-order valence-electron chi connectivity index (χ0n) is 14.5. The number of aryl methyl sites for hydroxylation is 2. The number of carbonyl (C=O) groups is 1. The average molecular weight is 359 g/mol. The number of benzene rings is 2. The second-order valence-electron chi connectivity index (χ2n) is 6.09. The lowest BCUT2D eigenvalue weighted by atomic mass is 10.0. The maximum absolute atomic E-state index is 10.7. The molecule has 0 amide bonds. The number of methoxy groups -OCH3 is 1. The summed E-state index contributed by atoms with van der Waals surface area (Å²) in [7, 11) is 1.68. The summed E-state index contributed by atoms with van der Waals surface area (Å²) in [4.78, 5) is 12.0. The number of nitrogens with zero attached hydrogens (tertiary/aromatic N) is 1. The van der Waals surface area contributed by atoms with Crippen LogP contribution >= 0.6 is 11.9 Å². The molecule has 3 rings (SSSR count). The van der Waals surface area contributed by atoms with Crippen molar-refractivity contribution in [1.82, 2.24) is 4.31 Å². The molecule has 0 saturated heterocycles. The first kappa shape index (κ1) is 17.6. The van der Waals surface area contributed by atoms with Crippen molar-refractivity contribution in [2.45, 2.75) is 31.7 Å². The smallest absolute Gasteiger partial charge is 0.497 e. The Labute approximate surface area is 151 Å². The number of ether oxygens (including phenoxy) is 2. The van der Waals surface area contributed by atoms with Crippen LogP contribution in [0.4, 0.5) is 4.79 Å². The van der Waals surface area contributed by atoms with Gasteiger partial charge in [-0.15, -0.1) is 0 Å². The molecule has 132 valence electrons. The minimum atomic E-state index is -1.29. The highest BCUT2D eigenvalue weighted by molar-refractivity contribution is 7.97. The van der Waals surface area contributed by atoms with Gasteiger partial charge in [-0.2, -0.15) is 0 Å². The van der Waals surface area contributed by atoms with Gasteiger partial charge in [0.25, 0.3) is 0 Å². The van der Waals surface area contributed by atoms with Gasteiger partial charge in [-0.1, -0.05) is 6.07 Å². The summed E-state index contributed by atoms with van der Waals surface area (Å²) in [6, 6.07) is 9.59. The molecule has 0 spiro atoms. The number of rotatable bonds is 4. The van der Waals surface area contributed by atoms with Crippen molar-refractivity contribution < 1.29 is 19.4 Å². The minimum Gasteiger partial charge on any atom is -0.497 e. The number of hydrogen-bond donors (Lipinski definition) is 1. The summed E-state index contributed by atoms with van der Waals surface area (Å²) >= 11 is 1.74. The van der Waals surface area contributed by atoms with Crippen LogP contribution in [0.3, 0.4) is 0 Å². The molecule has 2 aromatic rings. The lowest BCUT2D eigenvalue weighted by Crippen LogP contribution is -2.25. The van der Waals surface area contributed by atoms with Crippen LogP contribution in [-0.4, -0.2) is 29.2 Å². The van der Waals surface area contributed by atoms with Gasteiger partial charge in [-0.05, 0) is 78.7 Å². The summed E-state index contributed by atoms with van der Waals surface area (Å²) < 4.78 is 12.4. The van der Waals surface area contributed by atoms with E-state index in [1.807, 2.05) is 24.3 Å². The molecule has 5 nitrogen and oxygen atoms in total. The SMILES string of the molecule is COc1cc(C)c(SN2CCc3ccc(OC(=O)O)cc3C2)c(C)c1. The van der Waals surface area contributed by atoms with Gasteiger partial charge >= 0.3 is 6.16 Å². The van der Waals surface area contributed by atoms with Crippen LogP contribution in [0.25, 0.3) is 0 Å². The number of carboxylic acid groups (broad SMARTS) is 1. The first-order valence-corrected chi connectivity index (χ1v) is 8.84. The zero-order valence-corrected chi connectivity index (χ0v) is 15.4. The van der Waals surface area contributed by atoms with Crippen molar-refractivity contribution in [3.05, 3.63) is 52.6 Å². The van der Waals surface area contributed by atoms with Crippen LogP contribution in [-0.2, 0) is 13.0 Å². The number of fused-ring (bicyclic) bond motifs is 1. The molecule has 0 aromatic heterocycles. The van der Waals surface area contributed by atoms with Crippen LogP contribution in [0.2, 0.25) is 0 Å².